The van der Waals surface area contributed by atoms with Crippen LogP contribution >= 0.6 is 0 Å². The van der Waals surface area contributed by atoms with Crippen molar-refractivity contribution in [1.82, 2.24) is 4.72 Å². The maximum Gasteiger partial charge on any atom is 0.322 e. The molecule has 0 unspecified atom stereocenters. The van der Waals surface area contributed by atoms with E-state index >= 15 is 0 Å². The van der Waals surface area contributed by atoms with Crippen LogP contribution in [0.1, 0.15) is 25.2 Å². The minimum Gasteiger partial charge on any atom is -0.480 e. The Morgan fingerprint density at radius 1 is 0.912 bits per heavy atom. The number of benzene rings is 3. The predicted molar refractivity (Wildman–Crippen MR) is 134 cm³/mol. The minimum atomic E-state index is -3.95. The zero-order valence-electron chi connectivity index (χ0n) is 18.8. The van der Waals surface area contributed by atoms with Gasteiger partial charge in [-0.15, -0.1) is 0 Å². The Morgan fingerprint density at radius 2 is 1.53 bits per heavy atom. The Morgan fingerprint density at radius 3 is 2.12 bits per heavy atom. The van der Waals surface area contributed by atoms with E-state index in [9.17, 15) is 18.3 Å². The van der Waals surface area contributed by atoms with Crippen molar-refractivity contribution < 1.29 is 22.7 Å². The van der Waals surface area contributed by atoms with Gasteiger partial charge in [-0.05, 0) is 52.9 Å². The largest absolute Gasteiger partial charge is 0.480 e. The molecule has 0 aliphatic carbocycles. The quantitative estimate of drug-likeness (QED) is 0.343. The van der Waals surface area contributed by atoms with Crippen molar-refractivity contribution in [3.8, 4) is 11.1 Å². The molecule has 0 aliphatic rings. The van der Waals surface area contributed by atoms with Crippen LogP contribution in [0.4, 0.5) is 0 Å². The first-order chi connectivity index (χ1) is 16.2. The normalized spacial score (nSPS) is 13.0. The van der Waals surface area contributed by atoms with Crippen LogP contribution in [0.5, 0.6) is 0 Å². The van der Waals surface area contributed by atoms with E-state index in [1.54, 1.807) is 26.0 Å². The van der Waals surface area contributed by atoms with Crippen molar-refractivity contribution in [3.63, 3.8) is 0 Å². The zero-order valence-corrected chi connectivity index (χ0v) is 19.6. The fourth-order valence-electron chi connectivity index (χ4n) is 3.58. The fraction of sp³-hybridized carbons (Fsp3) is 0.148. The van der Waals surface area contributed by atoms with Crippen LogP contribution in [0.15, 0.2) is 88.2 Å². The van der Waals surface area contributed by atoms with Crippen molar-refractivity contribution >= 4 is 39.1 Å². The monoisotopic (exact) mass is 475 g/mol. The molecule has 6 nitrogen and oxygen atoms in total. The SMILES string of the molecule is CC(C)[C@@H](NS(=O)(=O)c1ccc(-c2ccc(/C=C\c3cc4ccccc4o3)cc2)cc1)C(=O)O. The Balaban J connectivity index is 1.47. The molecule has 7 heteroatoms. The number of hydrogen-bond donors (Lipinski definition) is 2. The number of rotatable bonds is 8. The molecule has 4 aromatic rings. The molecule has 3 aromatic carbocycles. The van der Waals surface area contributed by atoms with E-state index in [1.165, 1.54) is 12.1 Å². The highest BCUT2D eigenvalue weighted by Gasteiger charge is 2.27. The molecule has 0 bridgehead atoms. The summed E-state index contributed by atoms with van der Waals surface area (Å²) in [7, 11) is -3.95. The van der Waals surface area contributed by atoms with Gasteiger partial charge >= 0.3 is 5.97 Å². The van der Waals surface area contributed by atoms with Gasteiger partial charge in [0.1, 0.15) is 17.4 Å². The van der Waals surface area contributed by atoms with Gasteiger partial charge in [-0.25, -0.2) is 8.42 Å². The van der Waals surface area contributed by atoms with Gasteiger partial charge in [0.2, 0.25) is 10.0 Å². The highest BCUT2D eigenvalue weighted by Crippen LogP contribution is 2.24. The standard InChI is InChI=1S/C27H25NO5S/c1-18(2)26(27(29)30)28-34(31,32)24-15-12-21(13-16-24)20-10-7-19(8-11-20)9-14-23-17-22-5-3-4-6-25(22)33-23/h3-18,26,28H,1-2H3,(H,29,30)/b14-9-/t26-/m1/s1. The molecular weight excluding hydrogens is 450 g/mol. The van der Waals surface area contributed by atoms with E-state index in [2.05, 4.69) is 4.72 Å². The van der Waals surface area contributed by atoms with Crippen LogP contribution in [0.25, 0.3) is 34.2 Å². The summed E-state index contributed by atoms with van der Waals surface area (Å²) in [4.78, 5) is 11.4. The van der Waals surface area contributed by atoms with Crippen molar-refractivity contribution in [1.29, 1.82) is 0 Å². The van der Waals surface area contributed by atoms with Gasteiger partial charge in [0.05, 0.1) is 4.90 Å². The lowest BCUT2D eigenvalue weighted by Gasteiger charge is -2.18. The summed E-state index contributed by atoms with van der Waals surface area (Å²) < 4.78 is 33.3. The lowest BCUT2D eigenvalue weighted by Crippen LogP contribution is -2.44. The van der Waals surface area contributed by atoms with Crippen LogP contribution in [-0.4, -0.2) is 25.5 Å². The van der Waals surface area contributed by atoms with Gasteiger partial charge in [-0.1, -0.05) is 74.5 Å². The van der Waals surface area contributed by atoms with E-state index in [0.29, 0.717) is 0 Å². The van der Waals surface area contributed by atoms with Gasteiger partial charge in [0, 0.05) is 5.39 Å². The van der Waals surface area contributed by atoms with E-state index in [1.807, 2.05) is 66.7 Å². The van der Waals surface area contributed by atoms with Crippen LogP contribution in [-0.2, 0) is 14.8 Å². The summed E-state index contributed by atoms with van der Waals surface area (Å²) in [5.41, 5.74) is 3.63. The third kappa shape index (κ3) is 5.27. The van der Waals surface area contributed by atoms with Gasteiger partial charge in [-0.3, -0.25) is 4.79 Å². The van der Waals surface area contributed by atoms with Gasteiger partial charge in [0.25, 0.3) is 0 Å². The van der Waals surface area contributed by atoms with Crippen molar-refractivity contribution in [2.24, 2.45) is 5.92 Å². The molecule has 0 fully saturated rings. The maximum absolute atomic E-state index is 12.6. The van der Waals surface area contributed by atoms with Crippen LogP contribution in [0.3, 0.4) is 0 Å². The second-order valence-corrected chi connectivity index (χ2v) is 10.1. The maximum atomic E-state index is 12.6. The van der Waals surface area contributed by atoms with Crippen LogP contribution in [0.2, 0.25) is 0 Å². The number of carboxylic acids is 1. The summed E-state index contributed by atoms with van der Waals surface area (Å²) in [6.45, 7) is 3.31. The molecule has 0 radical (unpaired) electrons. The molecule has 2 N–H and O–H groups in total. The first-order valence-corrected chi connectivity index (χ1v) is 12.3. The molecule has 34 heavy (non-hydrogen) atoms. The summed E-state index contributed by atoms with van der Waals surface area (Å²) in [5.74, 6) is -0.811. The Hall–Kier alpha value is -3.68. The summed E-state index contributed by atoms with van der Waals surface area (Å²) >= 11 is 0. The number of para-hydroxylation sites is 1. The number of sulfonamides is 1. The summed E-state index contributed by atoms with van der Waals surface area (Å²) in [6.07, 6.45) is 3.89. The summed E-state index contributed by atoms with van der Waals surface area (Å²) in [6, 6.07) is 22.9. The number of carboxylic acid groups (broad SMARTS) is 1. The fourth-order valence-corrected chi connectivity index (χ4v) is 4.92. The van der Waals surface area contributed by atoms with E-state index < -0.39 is 22.0 Å². The number of aliphatic carboxylic acids is 1. The third-order valence-electron chi connectivity index (χ3n) is 5.51. The van der Waals surface area contributed by atoms with Gasteiger partial charge in [-0.2, -0.15) is 4.72 Å². The Kier molecular flexibility index (Phi) is 6.68. The number of nitrogens with one attached hydrogen (secondary N) is 1. The highest BCUT2D eigenvalue weighted by molar-refractivity contribution is 7.89. The van der Waals surface area contributed by atoms with Gasteiger partial charge in [0.15, 0.2) is 0 Å². The predicted octanol–water partition coefficient (Wildman–Crippen LogP) is 5.66. The van der Waals surface area contributed by atoms with E-state index in [4.69, 9.17) is 4.42 Å². The van der Waals surface area contributed by atoms with E-state index in [-0.39, 0.29) is 10.8 Å². The highest BCUT2D eigenvalue weighted by atomic mass is 32.2. The molecule has 0 spiro atoms. The Bertz CT molecular complexity index is 1400. The van der Waals surface area contributed by atoms with Crippen molar-refractivity contribution in [3.05, 3.63) is 90.2 Å². The van der Waals surface area contributed by atoms with Crippen molar-refractivity contribution in [2.75, 3.05) is 0 Å². The first kappa shape index (κ1) is 23.5. The van der Waals surface area contributed by atoms with Crippen LogP contribution < -0.4 is 4.72 Å². The molecule has 1 aromatic heterocycles. The number of hydrogen-bond acceptors (Lipinski definition) is 4. The molecule has 0 aliphatic heterocycles. The smallest absolute Gasteiger partial charge is 0.322 e. The molecule has 174 valence electrons. The zero-order chi connectivity index (χ0) is 24.3. The second-order valence-electron chi connectivity index (χ2n) is 8.35. The van der Waals surface area contributed by atoms with Crippen LogP contribution in [0, 0.1) is 5.92 Å². The molecule has 1 atom stereocenters. The average Bonchev–Trinajstić information content (AvgIpc) is 3.24. The Labute approximate surface area is 198 Å². The third-order valence-corrected chi connectivity index (χ3v) is 6.97. The average molecular weight is 476 g/mol. The topological polar surface area (TPSA) is 96.6 Å². The van der Waals surface area contributed by atoms with Gasteiger partial charge < -0.3 is 9.52 Å². The molecule has 0 saturated heterocycles. The van der Waals surface area contributed by atoms with Crippen molar-refractivity contribution in [2.45, 2.75) is 24.8 Å². The second kappa shape index (κ2) is 9.67. The molecule has 4 rings (SSSR count). The number of furan rings is 1. The molecular formula is C27H25NO5S. The first-order valence-electron chi connectivity index (χ1n) is 10.9. The molecule has 0 amide bonds. The molecule has 0 saturated carbocycles. The minimum absolute atomic E-state index is 0.0218. The number of carbonyl (C=O) groups is 1. The summed E-state index contributed by atoms with van der Waals surface area (Å²) in [5, 5.41) is 10.3. The lowest BCUT2D eigenvalue weighted by atomic mass is 10.0. The van der Waals surface area contributed by atoms with E-state index in [0.717, 1.165) is 33.4 Å². The number of fused-ring (bicyclic) bond motifs is 1. The lowest BCUT2D eigenvalue weighted by molar-refractivity contribution is -0.140. The molecule has 1 heterocycles.